The number of carbonyl (C=O) groups is 2. The van der Waals surface area contributed by atoms with Gasteiger partial charge in [-0.1, -0.05) is 29.8 Å². The largest absolute Gasteiger partial charge is 0.351 e. The maximum Gasteiger partial charge on any atom is 0.318 e. The zero-order chi connectivity index (χ0) is 13.7. The molecule has 18 heavy (non-hydrogen) atoms. The van der Waals surface area contributed by atoms with Crippen molar-refractivity contribution in [3.63, 3.8) is 0 Å². The predicted molar refractivity (Wildman–Crippen MR) is 69.9 cm³/mol. The van der Waals surface area contributed by atoms with Gasteiger partial charge in [0.1, 0.15) is 0 Å². The minimum Gasteiger partial charge on any atom is -0.351 e. The molecule has 0 saturated heterocycles. The molecular formula is C13H19N3O2. The highest BCUT2D eigenvalue weighted by Crippen LogP contribution is 2.13. The lowest BCUT2D eigenvalue weighted by Gasteiger charge is -2.19. The first-order valence-electron chi connectivity index (χ1n) is 5.83. The predicted octanol–water partition coefficient (Wildman–Crippen LogP) is 1.23. The number of benzene rings is 1. The van der Waals surface area contributed by atoms with E-state index in [1.54, 1.807) is 6.92 Å². The van der Waals surface area contributed by atoms with Crippen molar-refractivity contribution in [2.45, 2.75) is 32.9 Å². The third-order valence-electron chi connectivity index (χ3n) is 2.72. The molecule has 0 radical (unpaired) electrons. The quantitative estimate of drug-likeness (QED) is 0.750. The number of nitrogens with one attached hydrogen (secondary N) is 2. The Morgan fingerprint density at radius 3 is 2.22 bits per heavy atom. The number of hydrogen-bond acceptors (Lipinski definition) is 3. The fraction of sp³-hybridized carbons (Fsp3) is 0.385. The number of amides is 3. The molecule has 2 atom stereocenters. The van der Waals surface area contributed by atoms with Gasteiger partial charge in [0.15, 0.2) is 0 Å². The van der Waals surface area contributed by atoms with Crippen LogP contribution in [0.5, 0.6) is 0 Å². The molecule has 0 saturated carbocycles. The zero-order valence-electron chi connectivity index (χ0n) is 10.9. The molecule has 1 aromatic carbocycles. The second-order valence-electron chi connectivity index (χ2n) is 4.37. The molecule has 5 nitrogen and oxygen atoms in total. The number of urea groups is 1. The molecule has 0 spiro atoms. The van der Waals surface area contributed by atoms with Crippen molar-refractivity contribution < 1.29 is 9.59 Å². The first-order valence-corrected chi connectivity index (χ1v) is 5.83. The van der Waals surface area contributed by atoms with Crippen molar-refractivity contribution >= 4 is 11.9 Å². The Morgan fingerprint density at radius 1 is 1.17 bits per heavy atom. The summed E-state index contributed by atoms with van der Waals surface area (Å²) in [5.74, 6) is -0.429. The van der Waals surface area contributed by atoms with E-state index in [1.165, 1.54) is 5.56 Å². The highest BCUT2D eigenvalue weighted by molar-refractivity contribution is 5.96. The smallest absolute Gasteiger partial charge is 0.318 e. The van der Waals surface area contributed by atoms with E-state index in [9.17, 15) is 9.59 Å². The maximum absolute atomic E-state index is 11.5. The number of primary amides is 1. The van der Waals surface area contributed by atoms with Crippen LogP contribution in [0.15, 0.2) is 24.3 Å². The molecule has 1 aromatic rings. The van der Waals surface area contributed by atoms with Crippen molar-refractivity contribution in [1.29, 1.82) is 0 Å². The van der Waals surface area contributed by atoms with E-state index in [4.69, 9.17) is 5.73 Å². The van der Waals surface area contributed by atoms with Gasteiger partial charge in [-0.2, -0.15) is 0 Å². The number of rotatable bonds is 4. The van der Waals surface area contributed by atoms with Gasteiger partial charge in [0.25, 0.3) is 0 Å². The second kappa shape index (κ2) is 6.16. The van der Waals surface area contributed by atoms with Gasteiger partial charge in [0.2, 0.25) is 5.91 Å². The third-order valence-corrected chi connectivity index (χ3v) is 2.72. The molecule has 3 amide bonds. The van der Waals surface area contributed by atoms with Gasteiger partial charge in [-0.25, -0.2) is 4.79 Å². The summed E-state index contributed by atoms with van der Waals surface area (Å²) in [6, 6.07) is 6.73. The molecule has 0 aromatic heterocycles. The van der Waals surface area contributed by atoms with Gasteiger partial charge in [-0.05, 0) is 26.3 Å². The molecule has 2 unspecified atom stereocenters. The molecule has 0 fully saturated rings. The molecule has 0 aliphatic heterocycles. The van der Waals surface area contributed by atoms with Crippen LogP contribution in [0.2, 0.25) is 0 Å². The number of nitrogens with two attached hydrogens (primary N) is 1. The van der Waals surface area contributed by atoms with Gasteiger partial charge < -0.3 is 5.73 Å². The molecule has 0 bridgehead atoms. The van der Waals surface area contributed by atoms with Gasteiger partial charge in [0, 0.05) is 6.04 Å². The van der Waals surface area contributed by atoms with Crippen LogP contribution in [0, 0.1) is 6.92 Å². The summed E-state index contributed by atoms with van der Waals surface area (Å²) in [5.41, 5.74) is 7.16. The fourth-order valence-electron chi connectivity index (χ4n) is 1.63. The van der Waals surface area contributed by atoms with Crippen LogP contribution in [0.3, 0.4) is 0 Å². The summed E-state index contributed by atoms with van der Waals surface area (Å²) in [6.45, 7) is 5.66. The van der Waals surface area contributed by atoms with Crippen LogP contribution < -0.4 is 16.4 Å². The molecule has 1 rings (SSSR count). The minimum absolute atomic E-state index is 0.0132. The molecule has 0 aliphatic rings. The summed E-state index contributed by atoms with van der Waals surface area (Å²) in [5, 5.41) is 5.15. The molecule has 0 heterocycles. The summed E-state index contributed by atoms with van der Waals surface area (Å²) in [7, 11) is 0. The summed E-state index contributed by atoms with van der Waals surface area (Å²) in [6.07, 6.45) is 0. The Hall–Kier alpha value is -1.88. The van der Waals surface area contributed by atoms with Crippen LogP contribution in [0.1, 0.15) is 31.0 Å². The monoisotopic (exact) mass is 249 g/mol. The first-order chi connectivity index (χ1) is 8.40. The summed E-state index contributed by atoms with van der Waals surface area (Å²) < 4.78 is 0. The molecular weight excluding hydrogens is 230 g/mol. The van der Waals surface area contributed by atoms with Crippen molar-refractivity contribution in [3.8, 4) is 0 Å². The van der Waals surface area contributed by atoms with Crippen LogP contribution in [0.4, 0.5) is 4.79 Å². The van der Waals surface area contributed by atoms with Gasteiger partial charge in [0.05, 0.1) is 6.04 Å². The van der Waals surface area contributed by atoms with Crippen molar-refractivity contribution in [2.75, 3.05) is 0 Å². The van der Waals surface area contributed by atoms with E-state index in [-0.39, 0.29) is 6.04 Å². The van der Waals surface area contributed by atoms with Crippen LogP contribution >= 0.6 is 0 Å². The van der Waals surface area contributed by atoms with E-state index in [0.29, 0.717) is 0 Å². The van der Waals surface area contributed by atoms with Gasteiger partial charge in [-0.3, -0.25) is 15.4 Å². The van der Waals surface area contributed by atoms with Crippen LogP contribution in [0.25, 0.3) is 0 Å². The number of carbonyl (C=O) groups excluding carboxylic acids is 2. The van der Waals surface area contributed by atoms with Crippen molar-refractivity contribution in [1.82, 2.24) is 10.6 Å². The average molecular weight is 249 g/mol. The molecule has 5 heteroatoms. The topological polar surface area (TPSA) is 84.2 Å². The Morgan fingerprint density at radius 2 is 1.72 bits per heavy atom. The lowest BCUT2D eigenvalue weighted by molar-refractivity contribution is -0.121. The Kier molecular flexibility index (Phi) is 4.85. The van der Waals surface area contributed by atoms with Crippen molar-refractivity contribution in [2.24, 2.45) is 5.73 Å². The average Bonchev–Trinajstić information content (AvgIpc) is 2.28. The van der Waals surface area contributed by atoms with E-state index in [1.807, 2.05) is 43.4 Å². The zero-order valence-corrected chi connectivity index (χ0v) is 10.9. The first kappa shape index (κ1) is 14.2. The van der Waals surface area contributed by atoms with E-state index in [0.717, 1.165) is 5.56 Å². The summed E-state index contributed by atoms with van der Waals surface area (Å²) in [4.78, 5) is 22.1. The lowest BCUT2D eigenvalue weighted by Crippen LogP contribution is -2.47. The van der Waals surface area contributed by atoms with E-state index in [2.05, 4.69) is 5.32 Å². The fourth-order valence-corrected chi connectivity index (χ4v) is 1.63. The highest BCUT2D eigenvalue weighted by atomic mass is 16.2. The lowest BCUT2D eigenvalue weighted by atomic mass is 10.1. The van der Waals surface area contributed by atoms with Crippen LogP contribution in [-0.2, 0) is 4.79 Å². The standard InChI is InChI=1S/C13H19N3O2/c1-8-4-6-11(7-5-8)9(2)15-10(3)12(17)16-13(14)18/h4-7,9-10,15H,1-3H3,(H3,14,16,17,18). The highest BCUT2D eigenvalue weighted by Gasteiger charge is 2.17. The minimum atomic E-state index is -0.836. The third kappa shape index (κ3) is 4.18. The Labute approximate surface area is 107 Å². The van der Waals surface area contributed by atoms with E-state index >= 15 is 0 Å². The van der Waals surface area contributed by atoms with Crippen molar-refractivity contribution in [3.05, 3.63) is 35.4 Å². The Bertz CT molecular complexity index is 428. The molecule has 0 aliphatic carbocycles. The number of aryl methyl sites for hydroxylation is 1. The van der Waals surface area contributed by atoms with Gasteiger partial charge >= 0.3 is 6.03 Å². The summed E-state index contributed by atoms with van der Waals surface area (Å²) >= 11 is 0. The Balaban J connectivity index is 2.58. The van der Waals surface area contributed by atoms with E-state index < -0.39 is 18.0 Å². The normalized spacial score (nSPS) is 13.7. The van der Waals surface area contributed by atoms with Gasteiger partial charge in [-0.15, -0.1) is 0 Å². The van der Waals surface area contributed by atoms with Crippen LogP contribution in [-0.4, -0.2) is 18.0 Å². The second-order valence-corrected chi connectivity index (χ2v) is 4.37. The number of imide groups is 1. The molecule has 98 valence electrons. The molecule has 4 N–H and O–H groups in total. The SMILES string of the molecule is Cc1ccc(C(C)NC(C)C(=O)NC(N)=O)cc1. The number of hydrogen-bond donors (Lipinski definition) is 3. The maximum atomic E-state index is 11.5.